The van der Waals surface area contributed by atoms with E-state index in [0.717, 1.165) is 47.7 Å². The molecule has 2 heterocycles. The van der Waals surface area contributed by atoms with Crippen LogP contribution in [0.4, 0.5) is 5.82 Å². The average Bonchev–Trinajstić information content (AvgIpc) is 3.31. The normalized spacial score (nSPS) is 12.3. The first kappa shape index (κ1) is 22.7. The third-order valence-corrected chi connectivity index (χ3v) is 5.54. The summed E-state index contributed by atoms with van der Waals surface area (Å²) < 4.78 is 10.8. The molecule has 2 aromatic heterocycles. The molecule has 33 heavy (non-hydrogen) atoms. The van der Waals surface area contributed by atoms with Crippen LogP contribution < -0.4 is 14.4 Å². The highest BCUT2D eigenvalue weighted by atomic mass is 16.5. The van der Waals surface area contributed by atoms with Crippen LogP contribution in [0.25, 0.3) is 11.5 Å². The summed E-state index contributed by atoms with van der Waals surface area (Å²) in [5.41, 5.74) is 3.62. The number of carbonyl (C=O) groups is 1. The largest absolute Gasteiger partial charge is 0.497 e. The topological polar surface area (TPSA) is 97.7 Å². The van der Waals surface area contributed by atoms with E-state index in [4.69, 9.17) is 24.5 Å². The fourth-order valence-electron chi connectivity index (χ4n) is 4.04. The van der Waals surface area contributed by atoms with Gasteiger partial charge in [-0.15, -0.1) is 0 Å². The molecule has 8 heteroatoms. The quantitative estimate of drug-likeness (QED) is 0.506. The maximum Gasteiger partial charge on any atom is 0.180 e. The molecule has 3 aromatic rings. The molecule has 1 aromatic carbocycles. The standard InChI is InChI=1S/C25H28N4O4/c1-29(16-18(31)13-17-5-3-6-19(14-17)32-2)25-21-7-4-8-22(21)27-24(28-25)23-15-20(9-10-26-23)33-12-11-30/h3,5-6,9-10,14-15,30H,4,7-8,11-13,16H2,1-2H3. The van der Waals surface area contributed by atoms with Crippen molar-refractivity contribution in [2.24, 2.45) is 0 Å². The number of rotatable bonds is 10. The highest BCUT2D eigenvalue weighted by Crippen LogP contribution is 2.31. The highest BCUT2D eigenvalue weighted by Gasteiger charge is 2.23. The van der Waals surface area contributed by atoms with Crippen LogP contribution in [0.1, 0.15) is 23.2 Å². The zero-order valence-electron chi connectivity index (χ0n) is 19.0. The Kier molecular flexibility index (Phi) is 7.14. The Bertz CT molecular complexity index is 1140. The van der Waals surface area contributed by atoms with Gasteiger partial charge >= 0.3 is 0 Å². The number of methoxy groups -OCH3 is 1. The minimum atomic E-state index is -0.0638. The molecular weight excluding hydrogens is 420 g/mol. The summed E-state index contributed by atoms with van der Waals surface area (Å²) in [6.45, 7) is 0.386. The Morgan fingerprint density at radius 3 is 2.85 bits per heavy atom. The Labute approximate surface area is 193 Å². The molecule has 172 valence electrons. The lowest BCUT2D eigenvalue weighted by Crippen LogP contribution is -2.28. The number of likely N-dealkylation sites (N-methyl/N-ethyl adjacent to an activating group) is 1. The minimum absolute atomic E-state index is 0.0638. The van der Waals surface area contributed by atoms with Crippen molar-refractivity contribution in [3.8, 4) is 23.0 Å². The van der Waals surface area contributed by atoms with Crippen molar-refractivity contribution >= 4 is 11.6 Å². The highest BCUT2D eigenvalue weighted by molar-refractivity contribution is 5.85. The van der Waals surface area contributed by atoms with Gasteiger partial charge in [-0.1, -0.05) is 12.1 Å². The molecule has 1 aliphatic rings. The summed E-state index contributed by atoms with van der Waals surface area (Å²) in [6.07, 6.45) is 4.75. The molecule has 0 fully saturated rings. The zero-order valence-corrected chi connectivity index (χ0v) is 19.0. The number of hydrogen-bond acceptors (Lipinski definition) is 8. The van der Waals surface area contributed by atoms with Crippen molar-refractivity contribution in [2.45, 2.75) is 25.7 Å². The number of aliphatic hydroxyl groups excluding tert-OH is 1. The number of nitrogens with zero attached hydrogens (tertiary/aromatic N) is 4. The summed E-state index contributed by atoms with van der Waals surface area (Å²) in [7, 11) is 3.51. The van der Waals surface area contributed by atoms with Crippen molar-refractivity contribution in [1.82, 2.24) is 15.0 Å². The van der Waals surface area contributed by atoms with Crippen molar-refractivity contribution < 1.29 is 19.4 Å². The summed E-state index contributed by atoms with van der Waals surface area (Å²) >= 11 is 0. The lowest BCUT2D eigenvalue weighted by molar-refractivity contribution is -0.117. The van der Waals surface area contributed by atoms with Gasteiger partial charge in [0.25, 0.3) is 0 Å². The first-order valence-electron chi connectivity index (χ1n) is 11.0. The number of ether oxygens (including phenoxy) is 2. The summed E-state index contributed by atoms with van der Waals surface area (Å²) in [5, 5.41) is 9.00. The molecule has 0 atom stereocenters. The molecule has 0 radical (unpaired) electrons. The number of carbonyl (C=O) groups excluding carboxylic acids is 1. The number of aromatic nitrogens is 3. The molecule has 0 bridgehead atoms. The van der Waals surface area contributed by atoms with Gasteiger partial charge in [0.15, 0.2) is 11.6 Å². The van der Waals surface area contributed by atoms with Crippen LogP contribution in [0.3, 0.4) is 0 Å². The van der Waals surface area contributed by atoms with Gasteiger partial charge < -0.3 is 19.5 Å². The summed E-state index contributed by atoms with van der Waals surface area (Å²) in [6, 6.07) is 11.1. The number of Topliss-reactive ketones (excluding diaryl/α,β-unsaturated/α-hetero) is 1. The average molecular weight is 449 g/mol. The molecule has 1 N–H and O–H groups in total. The Morgan fingerprint density at radius 2 is 2.03 bits per heavy atom. The number of hydrogen-bond donors (Lipinski definition) is 1. The predicted octanol–water partition coefficient (Wildman–Crippen LogP) is 2.66. The van der Waals surface area contributed by atoms with Crippen LogP contribution >= 0.6 is 0 Å². The SMILES string of the molecule is COc1cccc(CC(=O)CN(C)c2nc(-c3cc(OCCO)ccn3)nc3c2CCC3)c1. The number of fused-ring (bicyclic) bond motifs is 1. The molecule has 1 aliphatic carbocycles. The molecule has 4 rings (SSSR count). The lowest BCUT2D eigenvalue weighted by Gasteiger charge is -2.21. The second-order valence-electron chi connectivity index (χ2n) is 8.02. The Hall–Kier alpha value is -3.52. The van der Waals surface area contributed by atoms with Gasteiger partial charge in [-0.2, -0.15) is 0 Å². The third-order valence-electron chi connectivity index (χ3n) is 5.54. The molecule has 0 saturated heterocycles. The molecule has 0 unspecified atom stereocenters. The molecule has 0 amide bonds. The number of aliphatic hydroxyl groups is 1. The van der Waals surface area contributed by atoms with Gasteiger partial charge in [0.05, 0.1) is 20.3 Å². The van der Waals surface area contributed by atoms with Crippen LogP contribution in [0.5, 0.6) is 11.5 Å². The maximum atomic E-state index is 12.8. The van der Waals surface area contributed by atoms with Gasteiger partial charge in [-0.3, -0.25) is 9.78 Å². The van der Waals surface area contributed by atoms with Crippen LogP contribution in [-0.4, -0.2) is 59.8 Å². The van der Waals surface area contributed by atoms with E-state index < -0.39 is 0 Å². The second-order valence-corrected chi connectivity index (χ2v) is 8.02. The van der Waals surface area contributed by atoms with Crippen LogP contribution in [0.15, 0.2) is 42.6 Å². The summed E-state index contributed by atoms with van der Waals surface area (Å²) in [4.78, 5) is 28.7. The monoisotopic (exact) mass is 448 g/mol. The van der Waals surface area contributed by atoms with Gasteiger partial charge in [0.2, 0.25) is 0 Å². The Morgan fingerprint density at radius 1 is 1.15 bits per heavy atom. The first-order valence-corrected chi connectivity index (χ1v) is 11.0. The van der Waals surface area contributed by atoms with E-state index in [1.54, 1.807) is 25.4 Å². The lowest BCUT2D eigenvalue weighted by atomic mass is 10.1. The van der Waals surface area contributed by atoms with E-state index in [9.17, 15) is 4.79 Å². The van der Waals surface area contributed by atoms with Crippen LogP contribution in [0, 0.1) is 0 Å². The van der Waals surface area contributed by atoms with E-state index >= 15 is 0 Å². The van der Waals surface area contributed by atoms with E-state index in [1.807, 2.05) is 36.2 Å². The van der Waals surface area contributed by atoms with Gasteiger partial charge in [-0.25, -0.2) is 9.97 Å². The van der Waals surface area contributed by atoms with Crippen LogP contribution in [0.2, 0.25) is 0 Å². The zero-order chi connectivity index (χ0) is 23.2. The van der Waals surface area contributed by atoms with E-state index in [0.29, 0.717) is 23.7 Å². The van der Waals surface area contributed by atoms with Gasteiger partial charge in [0.1, 0.15) is 29.6 Å². The van der Waals surface area contributed by atoms with E-state index in [1.165, 1.54) is 0 Å². The number of anilines is 1. The number of ketones is 1. The molecule has 0 saturated carbocycles. The van der Waals surface area contributed by atoms with E-state index in [-0.39, 0.29) is 25.5 Å². The van der Waals surface area contributed by atoms with Crippen molar-refractivity contribution in [1.29, 1.82) is 0 Å². The first-order chi connectivity index (χ1) is 16.1. The van der Waals surface area contributed by atoms with Crippen molar-refractivity contribution in [2.75, 3.05) is 38.8 Å². The number of aryl methyl sites for hydroxylation is 1. The molecular formula is C25H28N4O4. The number of benzene rings is 1. The minimum Gasteiger partial charge on any atom is -0.497 e. The molecule has 8 nitrogen and oxygen atoms in total. The fraction of sp³-hybridized carbons (Fsp3) is 0.360. The summed E-state index contributed by atoms with van der Waals surface area (Å²) in [5.74, 6) is 2.71. The predicted molar refractivity (Wildman–Crippen MR) is 125 cm³/mol. The molecule has 0 aliphatic heterocycles. The van der Waals surface area contributed by atoms with Gasteiger partial charge in [0, 0.05) is 37.0 Å². The van der Waals surface area contributed by atoms with Crippen molar-refractivity contribution in [3.05, 3.63) is 59.4 Å². The second kappa shape index (κ2) is 10.4. The molecule has 0 spiro atoms. The smallest absolute Gasteiger partial charge is 0.180 e. The number of pyridine rings is 1. The third kappa shape index (κ3) is 5.46. The van der Waals surface area contributed by atoms with Crippen molar-refractivity contribution in [3.63, 3.8) is 0 Å². The van der Waals surface area contributed by atoms with Gasteiger partial charge in [-0.05, 0) is 43.0 Å². The Balaban J connectivity index is 1.55. The maximum absolute atomic E-state index is 12.8. The fourth-order valence-corrected chi connectivity index (χ4v) is 4.04. The van der Waals surface area contributed by atoms with E-state index in [2.05, 4.69) is 4.98 Å². The van der Waals surface area contributed by atoms with Crippen LogP contribution in [-0.2, 0) is 24.1 Å².